The number of carbonyl (C=O) groups is 1. The molecule has 0 atom stereocenters. The molecule has 0 aliphatic heterocycles. The van der Waals surface area contributed by atoms with Crippen LogP contribution in [0.3, 0.4) is 0 Å². The van der Waals surface area contributed by atoms with E-state index in [4.69, 9.17) is 0 Å². The summed E-state index contributed by atoms with van der Waals surface area (Å²) >= 11 is 0. The summed E-state index contributed by atoms with van der Waals surface area (Å²) in [6.45, 7) is 3.57. The molecular formula is C20H20FN7O. The van der Waals surface area contributed by atoms with Crippen LogP contribution in [0, 0.1) is 5.95 Å². The summed E-state index contributed by atoms with van der Waals surface area (Å²) in [5.41, 5.74) is 2.82. The minimum Gasteiger partial charge on any atom is -0.351 e. The Morgan fingerprint density at radius 2 is 2.14 bits per heavy atom. The lowest BCUT2D eigenvalue weighted by Crippen LogP contribution is -2.59. The van der Waals surface area contributed by atoms with E-state index in [2.05, 4.69) is 30.6 Å². The third-order valence-corrected chi connectivity index (χ3v) is 5.41. The van der Waals surface area contributed by atoms with Gasteiger partial charge in [0.2, 0.25) is 17.8 Å². The molecule has 4 heterocycles. The summed E-state index contributed by atoms with van der Waals surface area (Å²) in [5, 5.41) is 7.15. The number of aromatic amines is 1. The van der Waals surface area contributed by atoms with Crippen LogP contribution in [0.5, 0.6) is 0 Å². The van der Waals surface area contributed by atoms with Crippen LogP contribution in [0.1, 0.15) is 26.7 Å². The van der Waals surface area contributed by atoms with Gasteiger partial charge in [0.1, 0.15) is 11.3 Å². The molecular weight excluding hydrogens is 373 g/mol. The Bertz CT molecular complexity index is 1240. The molecule has 4 aromatic heterocycles. The number of carbonyl (C=O) groups excluding carboxylic acids is 1. The molecule has 0 spiro atoms. The van der Waals surface area contributed by atoms with Gasteiger partial charge in [0.15, 0.2) is 0 Å². The zero-order valence-corrected chi connectivity index (χ0v) is 16.0. The van der Waals surface area contributed by atoms with Gasteiger partial charge in [-0.25, -0.2) is 9.97 Å². The van der Waals surface area contributed by atoms with Crippen molar-refractivity contribution in [1.82, 2.24) is 29.7 Å². The van der Waals surface area contributed by atoms with E-state index in [0.717, 1.165) is 29.4 Å². The number of rotatable bonds is 4. The van der Waals surface area contributed by atoms with Crippen molar-refractivity contribution in [2.75, 3.05) is 5.32 Å². The Labute approximate surface area is 165 Å². The number of fused-ring (bicyclic) bond motifs is 2. The highest BCUT2D eigenvalue weighted by Crippen LogP contribution is 2.34. The lowest BCUT2D eigenvalue weighted by atomic mass is 9.74. The van der Waals surface area contributed by atoms with Gasteiger partial charge in [-0.05, 0) is 31.9 Å². The first-order chi connectivity index (χ1) is 13.9. The first-order valence-electron chi connectivity index (χ1n) is 9.43. The minimum absolute atomic E-state index is 0.0173. The second-order valence-electron chi connectivity index (χ2n) is 7.88. The molecule has 3 N–H and O–H groups in total. The maximum absolute atomic E-state index is 13.9. The molecule has 0 aromatic carbocycles. The molecule has 0 unspecified atom stereocenters. The van der Waals surface area contributed by atoms with Crippen molar-refractivity contribution in [3.8, 4) is 11.1 Å². The summed E-state index contributed by atoms with van der Waals surface area (Å²) < 4.78 is 15.3. The van der Waals surface area contributed by atoms with Gasteiger partial charge in [0.25, 0.3) is 0 Å². The Morgan fingerprint density at radius 1 is 1.31 bits per heavy atom. The summed E-state index contributed by atoms with van der Waals surface area (Å²) in [4.78, 5) is 27.5. The first-order valence-corrected chi connectivity index (χ1v) is 9.43. The van der Waals surface area contributed by atoms with Crippen LogP contribution in [-0.4, -0.2) is 41.8 Å². The molecule has 8 nitrogen and oxygen atoms in total. The third kappa shape index (κ3) is 3.08. The van der Waals surface area contributed by atoms with Crippen LogP contribution >= 0.6 is 0 Å². The summed E-state index contributed by atoms with van der Waals surface area (Å²) in [7, 11) is 0. The average molecular weight is 393 g/mol. The number of hydrogen-bond acceptors (Lipinski definition) is 5. The van der Waals surface area contributed by atoms with Crippen molar-refractivity contribution in [3.05, 3.63) is 42.9 Å². The zero-order valence-electron chi connectivity index (χ0n) is 16.0. The smallest absolute Gasteiger partial charge is 0.224 e. The number of amides is 1. The van der Waals surface area contributed by atoms with E-state index in [-0.39, 0.29) is 17.5 Å². The van der Waals surface area contributed by atoms with Gasteiger partial charge in [-0.2, -0.15) is 9.37 Å². The van der Waals surface area contributed by atoms with Crippen molar-refractivity contribution in [2.24, 2.45) is 0 Å². The molecule has 0 saturated heterocycles. The van der Waals surface area contributed by atoms with Crippen molar-refractivity contribution >= 4 is 28.5 Å². The highest BCUT2D eigenvalue weighted by molar-refractivity contribution is 5.93. The molecule has 0 radical (unpaired) electrons. The second kappa shape index (κ2) is 6.26. The standard InChI is InChI=1S/C20H20FN7O/c1-11(29)27-20(2)5-13(6-20)25-19-24-8-15-14(7-23-18(15)26-19)12-3-4-17-22-9-16(21)28(17)10-12/h3-4,7-10,13H,5-6H2,1-2H3,(H,27,29)(H2,23,24,25,26)/t13-,20-. The molecule has 1 fully saturated rings. The number of halogens is 1. The predicted octanol–water partition coefficient (Wildman–Crippen LogP) is 2.88. The maximum atomic E-state index is 13.9. The number of nitrogens with zero attached hydrogens (tertiary/aromatic N) is 4. The Kier molecular flexibility index (Phi) is 3.80. The van der Waals surface area contributed by atoms with Crippen molar-refractivity contribution in [3.63, 3.8) is 0 Å². The third-order valence-electron chi connectivity index (χ3n) is 5.41. The molecule has 4 aromatic rings. The lowest BCUT2D eigenvalue weighted by Gasteiger charge is -2.45. The number of pyridine rings is 1. The van der Waals surface area contributed by atoms with Crippen LogP contribution in [-0.2, 0) is 4.79 Å². The monoisotopic (exact) mass is 393 g/mol. The number of aromatic nitrogens is 5. The summed E-state index contributed by atoms with van der Waals surface area (Å²) in [6.07, 6.45) is 8.16. The molecule has 1 aliphatic rings. The lowest BCUT2D eigenvalue weighted by molar-refractivity contribution is -0.121. The van der Waals surface area contributed by atoms with Crippen molar-refractivity contribution in [1.29, 1.82) is 0 Å². The largest absolute Gasteiger partial charge is 0.351 e. The number of hydrogen-bond donors (Lipinski definition) is 3. The van der Waals surface area contributed by atoms with E-state index in [1.807, 2.05) is 19.2 Å². The van der Waals surface area contributed by atoms with E-state index in [9.17, 15) is 9.18 Å². The predicted molar refractivity (Wildman–Crippen MR) is 107 cm³/mol. The normalized spacial score (nSPS) is 21.3. The Morgan fingerprint density at radius 3 is 2.93 bits per heavy atom. The number of H-pyrrole nitrogens is 1. The molecule has 9 heteroatoms. The fourth-order valence-corrected chi connectivity index (χ4v) is 4.17. The van der Waals surface area contributed by atoms with E-state index < -0.39 is 5.95 Å². The van der Waals surface area contributed by atoms with Gasteiger partial charge in [-0.3, -0.25) is 9.20 Å². The van der Waals surface area contributed by atoms with Crippen LogP contribution in [0.2, 0.25) is 0 Å². The van der Waals surface area contributed by atoms with Crippen LogP contribution in [0.4, 0.5) is 10.3 Å². The molecule has 1 amide bonds. The van der Waals surface area contributed by atoms with Crippen LogP contribution < -0.4 is 10.6 Å². The van der Waals surface area contributed by atoms with Gasteiger partial charge < -0.3 is 15.6 Å². The first kappa shape index (κ1) is 17.6. The van der Waals surface area contributed by atoms with Gasteiger partial charge in [-0.15, -0.1) is 0 Å². The van der Waals surface area contributed by atoms with Gasteiger partial charge in [0.05, 0.1) is 6.20 Å². The molecule has 0 bridgehead atoms. The fraction of sp³-hybridized carbons (Fsp3) is 0.300. The summed E-state index contributed by atoms with van der Waals surface area (Å²) in [5.74, 6) is 0.115. The maximum Gasteiger partial charge on any atom is 0.224 e. The highest BCUT2D eigenvalue weighted by Gasteiger charge is 2.41. The van der Waals surface area contributed by atoms with E-state index in [1.165, 1.54) is 17.5 Å². The van der Waals surface area contributed by atoms with Crippen molar-refractivity contribution < 1.29 is 9.18 Å². The molecule has 1 saturated carbocycles. The molecule has 1 aliphatic carbocycles. The van der Waals surface area contributed by atoms with E-state index in [1.54, 1.807) is 18.5 Å². The SMILES string of the molecule is CC(=O)N[C@]1(C)C[C@@H](Nc2ncc3c(-c4ccc5ncc(F)n5c4)c[nH]c3n2)C1. The van der Waals surface area contributed by atoms with E-state index in [0.29, 0.717) is 17.2 Å². The molecule has 148 valence electrons. The zero-order chi connectivity index (χ0) is 20.2. The van der Waals surface area contributed by atoms with Crippen LogP contribution in [0.15, 0.2) is 36.9 Å². The quantitative estimate of drug-likeness (QED) is 0.495. The average Bonchev–Trinajstić information content (AvgIpc) is 3.23. The fourth-order valence-electron chi connectivity index (χ4n) is 4.17. The van der Waals surface area contributed by atoms with Gasteiger partial charge in [-0.1, -0.05) is 0 Å². The molecule has 29 heavy (non-hydrogen) atoms. The molecule has 5 rings (SSSR count). The van der Waals surface area contributed by atoms with Gasteiger partial charge in [0, 0.05) is 53.6 Å². The van der Waals surface area contributed by atoms with Crippen LogP contribution in [0.25, 0.3) is 27.8 Å². The van der Waals surface area contributed by atoms with Crippen molar-refractivity contribution in [2.45, 2.75) is 38.3 Å². The number of nitrogens with one attached hydrogen (secondary N) is 3. The Balaban J connectivity index is 1.37. The minimum atomic E-state index is -0.406. The number of imidazole rings is 1. The highest BCUT2D eigenvalue weighted by atomic mass is 19.1. The topological polar surface area (TPSA) is 100 Å². The Hall–Kier alpha value is -3.49. The second-order valence-corrected chi connectivity index (χ2v) is 7.88. The van der Waals surface area contributed by atoms with Gasteiger partial charge >= 0.3 is 0 Å². The number of anilines is 1. The van der Waals surface area contributed by atoms with E-state index >= 15 is 0 Å². The summed E-state index contributed by atoms with van der Waals surface area (Å²) in [6, 6.07) is 3.88.